The summed E-state index contributed by atoms with van der Waals surface area (Å²) in [6.07, 6.45) is 21.1. The zero-order valence-corrected chi connectivity index (χ0v) is 18.5. The van der Waals surface area contributed by atoms with Gasteiger partial charge < -0.3 is 0 Å². The molecule has 8 fully saturated rings. The van der Waals surface area contributed by atoms with Crippen molar-refractivity contribution in [3.05, 3.63) is 35.9 Å². The maximum atomic E-state index is 2.48. The third kappa shape index (κ3) is 2.58. The van der Waals surface area contributed by atoms with Crippen molar-refractivity contribution >= 4 is 7.92 Å². The molecule has 1 aromatic carbocycles. The molecule has 9 rings (SSSR count). The monoisotopic (exact) mass is 393 g/mol. The first-order valence-corrected chi connectivity index (χ1v) is 14.3. The molecule has 0 atom stereocenters. The Hall–Kier alpha value is -0.350. The summed E-state index contributed by atoms with van der Waals surface area (Å²) in [5.74, 6) is 6.73. The molecular formula is C27H38P+. The van der Waals surface area contributed by atoms with Crippen LogP contribution in [0, 0.1) is 35.5 Å². The predicted molar refractivity (Wildman–Crippen MR) is 120 cm³/mol. The van der Waals surface area contributed by atoms with Gasteiger partial charge in [0.2, 0.25) is 0 Å². The van der Waals surface area contributed by atoms with E-state index in [1.54, 1.807) is 82.6 Å². The Morgan fingerprint density at radius 3 is 1.29 bits per heavy atom. The lowest BCUT2D eigenvalue weighted by Crippen LogP contribution is -2.56. The van der Waals surface area contributed by atoms with E-state index in [1.165, 1.54) is 6.16 Å². The molecule has 1 heteroatoms. The van der Waals surface area contributed by atoms with Crippen molar-refractivity contribution in [3.8, 4) is 0 Å². The van der Waals surface area contributed by atoms with Crippen LogP contribution in [0.15, 0.2) is 30.3 Å². The third-order valence-electron chi connectivity index (χ3n) is 10.6. The van der Waals surface area contributed by atoms with Crippen molar-refractivity contribution in [2.75, 3.05) is 0 Å². The fourth-order valence-corrected chi connectivity index (χ4v) is 16.4. The molecule has 0 spiro atoms. The number of hydrogen-bond donors (Lipinski definition) is 0. The topological polar surface area (TPSA) is 0 Å². The summed E-state index contributed by atoms with van der Waals surface area (Å²) in [6, 6.07) is 11.8. The molecule has 8 saturated carbocycles. The van der Waals surface area contributed by atoms with Crippen LogP contribution in [0.3, 0.4) is 0 Å². The van der Waals surface area contributed by atoms with Gasteiger partial charge in [0.05, 0.1) is 16.5 Å². The van der Waals surface area contributed by atoms with Gasteiger partial charge in [-0.2, -0.15) is 0 Å². The second kappa shape index (κ2) is 6.09. The maximum absolute atomic E-state index is 2.48. The smallest absolute Gasteiger partial charge is 0.0622 e. The second-order valence-electron chi connectivity index (χ2n) is 12.5. The van der Waals surface area contributed by atoms with E-state index in [9.17, 15) is 0 Å². The number of benzene rings is 1. The standard InChI is InChI=1S/C27H37P/c1-2-4-19(5-3-1)18-28(26-12-20-6-21(13-26)8-22(7-20)14-26)27-15-23-9-24(16-27)11-25(10-23)17-27/h1-5,20-25H,6-18H2/p+1. The Morgan fingerprint density at radius 1 is 0.571 bits per heavy atom. The highest BCUT2D eigenvalue weighted by atomic mass is 31.1. The molecule has 0 unspecified atom stereocenters. The van der Waals surface area contributed by atoms with E-state index >= 15 is 0 Å². The second-order valence-corrected chi connectivity index (χ2v) is 16.0. The lowest BCUT2D eigenvalue weighted by molar-refractivity contribution is 0.0184. The van der Waals surface area contributed by atoms with Crippen molar-refractivity contribution in [3.63, 3.8) is 0 Å². The van der Waals surface area contributed by atoms with Crippen LogP contribution < -0.4 is 0 Å². The van der Waals surface area contributed by atoms with Crippen LogP contribution in [0.2, 0.25) is 0 Å². The Bertz CT molecular complexity index is 634. The number of rotatable bonds is 4. The van der Waals surface area contributed by atoms with Crippen LogP contribution in [0.4, 0.5) is 0 Å². The van der Waals surface area contributed by atoms with E-state index in [2.05, 4.69) is 30.3 Å². The van der Waals surface area contributed by atoms with Crippen molar-refractivity contribution in [2.24, 2.45) is 35.5 Å². The van der Waals surface area contributed by atoms with Crippen molar-refractivity contribution < 1.29 is 0 Å². The molecule has 28 heavy (non-hydrogen) atoms. The van der Waals surface area contributed by atoms with Gasteiger partial charge in [-0.15, -0.1) is 0 Å². The summed E-state index contributed by atoms with van der Waals surface area (Å²) in [5.41, 5.74) is 1.70. The highest BCUT2D eigenvalue weighted by Crippen LogP contribution is 2.79. The highest BCUT2D eigenvalue weighted by molar-refractivity contribution is 7.60. The summed E-state index contributed by atoms with van der Waals surface area (Å²) >= 11 is 0. The lowest BCUT2D eigenvalue weighted by atomic mass is 9.55. The average Bonchev–Trinajstić information content (AvgIpc) is 2.64. The van der Waals surface area contributed by atoms with Gasteiger partial charge in [-0.3, -0.25) is 0 Å². The SMILES string of the molecule is c1ccc(C[PH+](C23CC4CC(CC(C4)C2)C3)C23CC4CC(CC(C4)C2)C3)cc1. The molecule has 0 nitrogen and oxygen atoms in total. The molecule has 0 heterocycles. The van der Waals surface area contributed by atoms with E-state index in [-0.39, 0.29) is 7.92 Å². The highest BCUT2D eigenvalue weighted by Gasteiger charge is 2.67. The molecule has 0 radical (unpaired) electrons. The Balaban J connectivity index is 1.31. The van der Waals surface area contributed by atoms with Gasteiger partial charge in [0.1, 0.15) is 0 Å². The van der Waals surface area contributed by atoms with Crippen LogP contribution in [0.25, 0.3) is 0 Å². The van der Waals surface area contributed by atoms with Gasteiger partial charge in [-0.1, -0.05) is 30.3 Å². The van der Waals surface area contributed by atoms with Gasteiger partial charge in [0.25, 0.3) is 0 Å². The average molecular weight is 394 g/mol. The predicted octanol–water partition coefficient (Wildman–Crippen LogP) is 7.34. The van der Waals surface area contributed by atoms with Gasteiger partial charge >= 0.3 is 0 Å². The van der Waals surface area contributed by atoms with Crippen LogP contribution in [0.5, 0.6) is 0 Å². The summed E-state index contributed by atoms with van der Waals surface area (Å²) in [7, 11) is -0.385. The largest absolute Gasteiger partial charge is 0.0831 e. The van der Waals surface area contributed by atoms with Crippen LogP contribution >= 0.6 is 7.92 Å². The minimum absolute atomic E-state index is 0.385. The number of hydrogen-bond acceptors (Lipinski definition) is 0. The fourth-order valence-electron chi connectivity index (χ4n) is 10.7. The molecule has 8 aliphatic carbocycles. The Kier molecular flexibility index (Phi) is 3.77. The molecule has 1 aromatic rings. The molecule has 0 amide bonds. The molecule has 8 aliphatic rings. The van der Waals surface area contributed by atoms with Gasteiger partial charge in [0.15, 0.2) is 0 Å². The zero-order chi connectivity index (χ0) is 18.3. The summed E-state index contributed by atoms with van der Waals surface area (Å²) in [4.78, 5) is 0. The van der Waals surface area contributed by atoms with Crippen molar-refractivity contribution in [1.82, 2.24) is 0 Å². The van der Waals surface area contributed by atoms with Gasteiger partial charge in [-0.05, 0) is 118 Å². The first kappa shape index (κ1) is 17.3. The molecular weight excluding hydrogens is 355 g/mol. The van der Waals surface area contributed by atoms with Crippen LogP contribution in [-0.2, 0) is 6.16 Å². The lowest BCUT2D eigenvalue weighted by Gasteiger charge is -2.63. The fraction of sp³-hybridized carbons (Fsp3) is 0.778. The molecule has 0 N–H and O–H groups in total. The van der Waals surface area contributed by atoms with Gasteiger partial charge in [0, 0.05) is 7.92 Å². The van der Waals surface area contributed by atoms with Crippen molar-refractivity contribution in [1.29, 1.82) is 0 Å². The minimum atomic E-state index is -0.385. The molecule has 0 saturated heterocycles. The third-order valence-corrected chi connectivity index (χ3v) is 15.1. The van der Waals surface area contributed by atoms with E-state index in [1.807, 2.05) is 0 Å². The van der Waals surface area contributed by atoms with Crippen molar-refractivity contribution in [2.45, 2.75) is 93.5 Å². The summed E-state index contributed by atoms with van der Waals surface area (Å²) in [6.45, 7) is 0. The molecule has 0 aromatic heterocycles. The van der Waals surface area contributed by atoms with E-state index in [4.69, 9.17) is 0 Å². The molecule has 8 bridgehead atoms. The Morgan fingerprint density at radius 2 is 0.929 bits per heavy atom. The normalized spacial score (nSPS) is 51.6. The minimum Gasteiger partial charge on any atom is -0.0622 e. The van der Waals surface area contributed by atoms with Crippen LogP contribution in [0.1, 0.15) is 82.6 Å². The van der Waals surface area contributed by atoms with E-state index < -0.39 is 0 Å². The summed E-state index contributed by atoms with van der Waals surface area (Å²) in [5, 5.41) is 1.64. The summed E-state index contributed by atoms with van der Waals surface area (Å²) < 4.78 is 0. The van der Waals surface area contributed by atoms with Gasteiger partial charge in [-0.25, -0.2) is 0 Å². The first-order valence-electron chi connectivity index (χ1n) is 12.6. The molecule has 150 valence electrons. The Labute approximate surface area is 173 Å². The van der Waals surface area contributed by atoms with Crippen LogP contribution in [-0.4, -0.2) is 10.3 Å². The maximum Gasteiger partial charge on any atom is 0.0831 e. The van der Waals surface area contributed by atoms with E-state index in [0.717, 1.165) is 45.8 Å². The quantitative estimate of drug-likeness (QED) is 0.469. The molecule has 0 aliphatic heterocycles. The first-order chi connectivity index (χ1) is 13.7. The zero-order valence-electron chi connectivity index (χ0n) is 17.5. The van der Waals surface area contributed by atoms with E-state index in [0.29, 0.717) is 0 Å².